The lowest BCUT2D eigenvalue weighted by Gasteiger charge is -2.25. The summed E-state index contributed by atoms with van der Waals surface area (Å²) in [5.74, 6) is 0.229. The molecule has 0 unspecified atom stereocenters. The molecule has 3 aromatic rings. The smallest absolute Gasteiger partial charge is 0.264 e. The zero-order chi connectivity index (χ0) is 24.2. The van der Waals surface area contributed by atoms with E-state index in [1.165, 1.54) is 32.4 Å². The van der Waals surface area contributed by atoms with Crippen LogP contribution in [-0.4, -0.2) is 35.1 Å². The fourth-order valence-electron chi connectivity index (χ4n) is 3.38. The number of aryl methyl sites for hydroxylation is 2. The van der Waals surface area contributed by atoms with E-state index in [9.17, 15) is 13.2 Å². The molecule has 0 saturated carbocycles. The van der Waals surface area contributed by atoms with Crippen LogP contribution in [0.2, 0.25) is 0 Å². The summed E-state index contributed by atoms with van der Waals surface area (Å²) in [5, 5.41) is 2.77. The number of carbonyl (C=O) groups excluding carboxylic acids is 1. The molecule has 0 aliphatic carbocycles. The van der Waals surface area contributed by atoms with Crippen molar-refractivity contribution < 1.29 is 22.7 Å². The Morgan fingerprint density at radius 1 is 0.909 bits per heavy atom. The van der Waals surface area contributed by atoms with E-state index in [1.54, 1.807) is 24.3 Å². The van der Waals surface area contributed by atoms with Crippen molar-refractivity contribution in [2.24, 2.45) is 0 Å². The highest BCUT2D eigenvalue weighted by molar-refractivity contribution is 14.1. The van der Waals surface area contributed by atoms with E-state index >= 15 is 0 Å². The van der Waals surface area contributed by atoms with Gasteiger partial charge in [0.1, 0.15) is 6.54 Å². The van der Waals surface area contributed by atoms with Gasteiger partial charge in [-0.3, -0.25) is 9.10 Å². The molecule has 3 aromatic carbocycles. The first kappa shape index (κ1) is 24.8. The number of hydrogen-bond donors (Lipinski definition) is 1. The zero-order valence-corrected chi connectivity index (χ0v) is 21.7. The standard InChI is InChI=1S/C24H25IN2O5S/c1-16-11-17(2)13-20(12-16)27(15-24(28)26-19-7-5-18(25)6-8-19)33(29,30)21-9-10-22(31-3)23(14-21)32-4/h5-14H,15H2,1-4H3,(H,26,28). The quantitative estimate of drug-likeness (QED) is 0.389. The number of nitrogens with zero attached hydrogens (tertiary/aromatic N) is 1. The third kappa shape index (κ3) is 5.97. The highest BCUT2D eigenvalue weighted by Crippen LogP contribution is 2.32. The van der Waals surface area contributed by atoms with Gasteiger partial charge in [0.15, 0.2) is 11.5 Å². The molecule has 0 atom stereocenters. The number of hydrogen-bond acceptors (Lipinski definition) is 5. The predicted molar refractivity (Wildman–Crippen MR) is 138 cm³/mol. The van der Waals surface area contributed by atoms with Gasteiger partial charge >= 0.3 is 0 Å². The van der Waals surface area contributed by atoms with Crippen LogP contribution in [0.1, 0.15) is 11.1 Å². The number of sulfonamides is 1. The number of nitrogens with one attached hydrogen (secondary N) is 1. The average molecular weight is 580 g/mol. The largest absolute Gasteiger partial charge is 0.493 e. The minimum atomic E-state index is -4.10. The van der Waals surface area contributed by atoms with Crippen LogP contribution in [0.15, 0.2) is 65.6 Å². The Morgan fingerprint density at radius 2 is 1.52 bits per heavy atom. The van der Waals surface area contributed by atoms with Crippen LogP contribution < -0.4 is 19.1 Å². The number of ether oxygens (including phenoxy) is 2. The molecule has 0 spiro atoms. The Bertz CT molecular complexity index is 1240. The summed E-state index contributed by atoms with van der Waals surface area (Å²) in [6, 6.07) is 17.0. The van der Waals surface area contributed by atoms with Gasteiger partial charge in [0, 0.05) is 15.3 Å². The lowest BCUT2D eigenvalue weighted by molar-refractivity contribution is -0.114. The van der Waals surface area contributed by atoms with Crippen molar-refractivity contribution in [2.75, 3.05) is 30.4 Å². The monoisotopic (exact) mass is 580 g/mol. The molecule has 0 bridgehead atoms. The van der Waals surface area contributed by atoms with E-state index in [0.717, 1.165) is 19.0 Å². The first-order valence-electron chi connectivity index (χ1n) is 10.0. The van der Waals surface area contributed by atoms with Crippen LogP contribution in [0.3, 0.4) is 0 Å². The maximum Gasteiger partial charge on any atom is 0.264 e. The zero-order valence-electron chi connectivity index (χ0n) is 18.8. The molecule has 1 N–H and O–H groups in total. The van der Waals surface area contributed by atoms with E-state index in [4.69, 9.17) is 9.47 Å². The highest BCUT2D eigenvalue weighted by Gasteiger charge is 2.28. The van der Waals surface area contributed by atoms with Crippen LogP contribution >= 0.6 is 22.6 Å². The number of methoxy groups -OCH3 is 2. The molecule has 0 saturated heterocycles. The van der Waals surface area contributed by atoms with Crippen molar-refractivity contribution in [2.45, 2.75) is 18.7 Å². The number of rotatable bonds is 8. The molecule has 1 amide bonds. The first-order valence-corrected chi connectivity index (χ1v) is 12.5. The molecule has 174 valence electrons. The van der Waals surface area contributed by atoms with Crippen molar-refractivity contribution in [1.29, 1.82) is 0 Å². The Morgan fingerprint density at radius 3 is 2.09 bits per heavy atom. The predicted octanol–water partition coefficient (Wildman–Crippen LogP) is 4.76. The van der Waals surface area contributed by atoms with Gasteiger partial charge in [-0.2, -0.15) is 0 Å². The Balaban J connectivity index is 2.02. The van der Waals surface area contributed by atoms with Crippen molar-refractivity contribution in [3.05, 3.63) is 75.4 Å². The van der Waals surface area contributed by atoms with E-state index in [1.807, 2.05) is 32.0 Å². The van der Waals surface area contributed by atoms with Crippen molar-refractivity contribution in [1.82, 2.24) is 0 Å². The molecule has 7 nitrogen and oxygen atoms in total. The third-order valence-corrected chi connectivity index (χ3v) is 7.34. The fraction of sp³-hybridized carbons (Fsp3) is 0.208. The second kappa shape index (κ2) is 10.4. The molecule has 0 fully saturated rings. The lowest BCUT2D eigenvalue weighted by Crippen LogP contribution is -2.38. The average Bonchev–Trinajstić information content (AvgIpc) is 2.77. The van der Waals surface area contributed by atoms with Crippen LogP contribution in [-0.2, 0) is 14.8 Å². The summed E-state index contributed by atoms with van der Waals surface area (Å²) in [4.78, 5) is 12.9. The van der Waals surface area contributed by atoms with Gasteiger partial charge < -0.3 is 14.8 Å². The maximum absolute atomic E-state index is 13.7. The van der Waals surface area contributed by atoms with Gasteiger partial charge in [-0.1, -0.05) is 6.07 Å². The summed E-state index contributed by atoms with van der Waals surface area (Å²) in [6.45, 7) is 3.36. The fourth-order valence-corrected chi connectivity index (χ4v) is 5.16. The number of amides is 1. The van der Waals surface area contributed by atoms with Gasteiger partial charge in [0.2, 0.25) is 5.91 Å². The molecule has 0 radical (unpaired) electrons. The van der Waals surface area contributed by atoms with Gasteiger partial charge in [-0.25, -0.2) is 8.42 Å². The summed E-state index contributed by atoms with van der Waals surface area (Å²) in [7, 11) is -1.19. The number of halogens is 1. The number of benzene rings is 3. The van der Waals surface area contributed by atoms with E-state index < -0.39 is 22.5 Å². The Labute approximate surface area is 207 Å². The second-order valence-electron chi connectivity index (χ2n) is 7.43. The number of anilines is 2. The van der Waals surface area contributed by atoms with Crippen molar-refractivity contribution in [3.8, 4) is 11.5 Å². The lowest BCUT2D eigenvalue weighted by atomic mass is 10.1. The molecule has 0 heterocycles. The van der Waals surface area contributed by atoms with E-state index in [0.29, 0.717) is 17.1 Å². The summed E-state index contributed by atoms with van der Waals surface area (Å²) in [6.07, 6.45) is 0. The molecule has 33 heavy (non-hydrogen) atoms. The maximum atomic E-state index is 13.7. The minimum Gasteiger partial charge on any atom is -0.493 e. The van der Waals surface area contributed by atoms with E-state index in [-0.39, 0.29) is 10.6 Å². The van der Waals surface area contributed by atoms with Crippen LogP contribution in [0, 0.1) is 17.4 Å². The summed E-state index contributed by atoms with van der Waals surface area (Å²) >= 11 is 2.17. The van der Waals surface area contributed by atoms with Crippen LogP contribution in [0.5, 0.6) is 11.5 Å². The second-order valence-corrected chi connectivity index (χ2v) is 10.5. The minimum absolute atomic E-state index is 0.0126. The van der Waals surface area contributed by atoms with Crippen molar-refractivity contribution >= 4 is 49.9 Å². The topological polar surface area (TPSA) is 84.9 Å². The molecule has 9 heteroatoms. The van der Waals surface area contributed by atoms with Crippen LogP contribution in [0.25, 0.3) is 0 Å². The Kier molecular flexibility index (Phi) is 7.85. The highest BCUT2D eigenvalue weighted by atomic mass is 127. The van der Waals surface area contributed by atoms with Crippen LogP contribution in [0.4, 0.5) is 11.4 Å². The third-order valence-electron chi connectivity index (χ3n) is 4.85. The number of carbonyl (C=O) groups is 1. The summed E-state index contributed by atoms with van der Waals surface area (Å²) in [5.41, 5.74) is 2.76. The Hall–Kier alpha value is -2.79. The normalized spacial score (nSPS) is 11.1. The van der Waals surface area contributed by atoms with Gasteiger partial charge in [-0.05, 0) is 96.1 Å². The SMILES string of the molecule is COc1ccc(S(=O)(=O)N(CC(=O)Nc2ccc(I)cc2)c2cc(C)cc(C)c2)cc1OC. The molecule has 0 aliphatic heterocycles. The van der Waals surface area contributed by atoms with Gasteiger partial charge in [-0.15, -0.1) is 0 Å². The van der Waals surface area contributed by atoms with Crippen molar-refractivity contribution in [3.63, 3.8) is 0 Å². The van der Waals surface area contributed by atoms with Gasteiger partial charge in [0.25, 0.3) is 10.0 Å². The first-order chi connectivity index (χ1) is 15.6. The van der Waals surface area contributed by atoms with E-state index in [2.05, 4.69) is 27.9 Å². The van der Waals surface area contributed by atoms with Gasteiger partial charge in [0.05, 0.1) is 24.8 Å². The molecular weight excluding hydrogens is 555 g/mol. The molecule has 0 aromatic heterocycles. The summed E-state index contributed by atoms with van der Waals surface area (Å²) < 4.78 is 40.0. The molecular formula is C24H25IN2O5S. The molecule has 3 rings (SSSR count). The molecule has 0 aliphatic rings.